The third-order valence-corrected chi connectivity index (χ3v) is 4.78. The maximum Gasteiger partial charge on any atom is 0.250 e. The number of nitrogens with zero attached hydrogens (tertiary/aromatic N) is 4. The number of halogens is 1. The summed E-state index contributed by atoms with van der Waals surface area (Å²) in [5.74, 6) is 1.33. The molecule has 3 aromatic heterocycles. The fourth-order valence-electron chi connectivity index (χ4n) is 3.06. The molecule has 27 heavy (non-hydrogen) atoms. The van der Waals surface area contributed by atoms with Crippen molar-refractivity contribution in [1.29, 1.82) is 0 Å². The Bertz CT molecular complexity index is 1030. The summed E-state index contributed by atoms with van der Waals surface area (Å²) in [6, 6.07) is 6.54. The molecule has 6 nitrogen and oxygen atoms in total. The molecule has 0 amide bonds. The highest BCUT2D eigenvalue weighted by atomic mass is 19.1. The second-order valence-corrected chi connectivity index (χ2v) is 6.82. The summed E-state index contributed by atoms with van der Waals surface area (Å²) >= 11 is 0. The van der Waals surface area contributed by atoms with E-state index < -0.39 is 0 Å². The molecule has 0 N–H and O–H groups in total. The molecule has 0 spiro atoms. The van der Waals surface area contributed by atoms with E-state index in [1.807, 2.05) is 6.07 Å². The van der Waals surface area contributed by atoms with Crippen LogP contribution in [-0.2, 0) is 7.05 Å². The fourth-order valence-corrected chi connectivity index (χ4v) is 3.06. The molecule has 1 aliphatic carbocycles. The second-order valence-electron chi connectivity index (χ2n) is 6.82. The third-order valence-electron chi connectivity index (χ3n) is 4.78. The lowest BCUT2D eigenvalue weighted by molar-refractivity contribution is 0.285. The number of aryl methyl sites for hydroxylation is 2. The first-order valence-corrected chi connectivity index (χ1v) is 8.76. The highest BCUT2D eigenvalue weighted by Gasteiger charge is 2.40. The average molecular weight is 366 g/mol. The van der Waals surface area contributed by atoms with Gasteiger partial charge in [-0.25, -0.2) is 9.37 Å². The molecule has 0 saturated heterocycles. The van der Waals surface area contributed by atoms with Crippen molar-refractivity contribution in [2.24, 2.45) is 13.0 Å². The Morgan fingerprint density at radius 1 is 1.26 bits per heavy atom. The first-order chi connectivity index (χ1) is 13.0. The fraction of sp³-hybridized carbons (Fsp3) is 0.300. The number of rotatable bonds is 5. The Morgan fingerprint density at radius 3 is 2.85 bits per heavy atom. The van der Waals surface area contributed by atoms with Crippen molar-refractivity contribution in [2.45, 2.75) is 19.3 Å². The molecule has 1 aliphatic rings. The molecule has 0 aliphatic heterocycles. The summed E-state index contributed by atoms with van der Waals surface area (Å²) in [5, 5.41) is 0. The predicted molar refractivity (Wildman–Crippen MR) is 98.0 cm³/mol. The van der Waals surface area contributed by atoms with Gasteiger partial charge in [0.15, 0.2) is 0 Å². The van der Waals surface area contributed by atoms with Gasteiger partial charge in [0.25, 0.3) is 5.56 Å². The minimum absolute atomic E-state index is 0.108. The van der Waals surface area contributed by atoms with Gasteiger partial charge in [0.05, 0.1) is 18.4 Å². The van der Waals surface area contributed by atoms with Crippen molar-refractivity contribution >= 4 is 0 Å². The van der Waals surface area contributed by atoms with Crippen LogP contribution in [0.2, 0.25) is 0 Å². The Morgan fingerprint density at radius 2 is 2.11 bits per heavy atom. The topological polar surface area (TPSA) is 69.9 Å². The first kappa shape index (κ1) is 17.3. The molecule has 0 radical (unpaired) electrons. The van der Waals surface area contributed by atoms with E-state index in [1.165, 1.54) is 16.8 Å². The zero-order valence-corrected chi connectivity index (χ0v) is 15.1. The molecule has 7 heteroatoms. The number of ether oxygens (including phenoxy) is 1. The Hall–Kier alpha value is -3.09. The smallest absolute Gasteiger partial charge is 0.250 e. The summed E-state index contributed by atoms with van der Waals surface area (Å²) in [6.07, 6.45) is 5.58. The average Bonchev–Trinajstić information content (AvgIpc) is 3.43. The summed E-state index contributed by atoms with van der Waals surface area (Å²) in [5.41, 5.74) is 2.19. The van der Waals surface area contributed by atoms with Crippen molar-refractivity contribution in [3.63, 3.8) is 0 Å². The normalized spacial score (nSPS) is 18.3. The monoisotopic (exact) mass is 366 g/mol. The van der Waals surface area contributed by atoms with Crippen LogP contribution in [-0.4, -0.2) is 26.1 Å². The van der Waals surface area contributed by atoms with Crippen LogP contribution < -0.4 is 10.3 Å². The number of hydrogen-bond acceptors (Lipinski definition) is 5. The quantitative estimate of drug-likeness (QED) is 0.694. The van der Waals surface area contributed by atoms with Gasteiger partial charge in [-0.3, -0.25) is 9.78 Å². The molecule has 3 aromatic rings. The van der Waals surface area contributed by atoms with Gasteiger partial charge in [0.1, 0.15) is 11.6 Å². The zero-order valence-electron chi connectivity index (χ0n) is 15.1. The molecule has 0 aromatic carbocycles. The van der Waals surface area contributed by atoms with Crippen molar-refractivity contribution in [1.82, 2.24) is 19.5 Å². The maximum atomic E-state index is 13.0. The van der Waals surface area contributed by atoms with Gasteiger partial charge in [-0.2, -0.15) is 4.98 Å². The van der Waals surface area contributed by atoms with E-state index in [9.17, 15) is 9.18 Å². The molecule has 1 saturated carbocycles. The van der Waals surface area contributed by atoms with E-state index >= 15 is 0 Å². The molecule has 1 fully saturated rings. The summed E-state index contributed by atoms with van der Waals surface area (Å²) in [6.45, 7) is 2.28. The van der Waals surface area contributed by atoms with Gasteiger partial charge in [-0.05, 0) is 37.1 Å². The van der Waals surface area contributed by atoms with Crippen LogP contribution in [0.3, 0.4) is 0 Å². The number of pyridine rings is 2. The lowest BCUT2D eigenvalue weighted by Crippen LogP contribution is -2.14. The molecule has 3 heterocycles. The van der Waals surface area contributed by atoms with Crippen LogP contribution in [0.5, 0.6) is 5.88 Å². The van der Waals surface area contributed by atoms with Crippen molar-refractivity contribution in [2.75, 3.05) is 6.61 Å². The molecule has 0 unspecified atom stereocenters. The van der Waals surface area contributed by atoms with Crippen LogP contribution in [0, 0.1) is 18.7 Å². The summed E-state index contributed by atoms with van der Waals surface area (Å²) < 4.78 is 20.5. The predicted octanol–water partition coefficient (Wildman–Crippen LogP) is 2.87. The molecular weight excluding hydrogens is 347 g/mol. The lowest BCUT2D eigenvalue weighted by Gasteiger charge is -2.11. The molecular formula is C20H19FN4O2. The highest BCUT2D eigenvalue weighted by molar-refractivity contribution is 5.67. The van der Waals surface area contributed by atoms with Crippen LogP contribution in [0.4, 0.5) is 4.39 Å². The largest absolute Gasteiger partial charge is 0.477 e. The van der Waals surface area contributed by atoms with Gasteiger partial charge in [-0.15, -0.1) is 0 Å². The zero-order chi connectivity index (χ0) is 19.0. The first-order valence-electron chi connectivity index (χ1n) is 8.76. The van der Waals surface area contributed by atoms with E-state index in [2.05, 4.69) is 15.0 Å². The second kappa shape index (κ2) is 6.90. The highest BCUT2D eigenvalue weighted by Crippen LogP contribution is 2.46. The Kier molecular flexibility index (Phi) is 4.43. The Balaban J connectivity index is 1.51. The van der Waals surface area contributed by atoms with E-state index in [1.54, 1.807) is 38.5 Å². The van der Waals surface area contributed by atoms with Crippen molar-refractivity contribution in [3.05, 3.63) is 70.5 Å². The Labute approximate surface area is 155 Å². The lowest BCUT2D eigenvalue weighted by atomic mass is 10.1. The minimum Gasteiger partial charge on any atom is -0.477 e. The van der Waals surface area contributed by atoms with Gasteiger partial charge in [0.2, 0.25) is 5.88 Å². The van der Waals surface area contributed by atoms with Crippen LogP contribution >= 0.6 is 0 Å². The number of aromatic nitrogens is 4. The molecule has 4 rings (SSSR count). The van der Waals surface area contributed by atoms with Gasteiger partial charge in [-0.1, -0.05) is 0 Å². The summed E-state index contributed by atoms with van der Waals surface area (Å²) in [7, 11) is 1.70. The van der Waals surface area contributed by atoms with Crippen molar-refractivity contribution < 1.29 is 9.13 Å². The molecule has 138 valence electrons. The van der Waals surface area contributed by atoms with E-state index in [-0.39, 0.29) is 17.3 Å². The van der Waals surface area contributed by atoms with Gasteiger partial charge >= 0.3 is 0 Å². The molecule has 2 atom stereocenters. The van der Waals surface area contributed by atoms with E-state index in [4.69, 9.17) is 4.74 Å². The van der Waals surface area contributed by atoms with Crippen LogP contribution in [0.25, 0.3) is 11.1 Å². The molecule has 0 bridgehead atoms. The minimum atomic E-state index is -0.331. The van der Waals surface area contributed by atoms with E-state index in [0.717, 1.165) is 17.7 Å². The van der Waals surface area contributed by atoms with Crippen molar-refractivity contribution in [3.8, 4) is 17.0 Å². The van der Waals surface area contributed by atoms with Crippen LogP contribution in [0.1, 0.15) is 23.9 Å². The third kappa shape index (κ3) is 3.72. The van der Waals surface area contributed by atoms with Gasteiger partial charge in [0, 0.05) is 43.0 Å². The van der Waals surface area contributed by atoms with Crippen LogP contribution in [0.15, 0.2) is 47.7 Å². The summed E-state index contributed by atoms with van der Waals surface area (Å²) in [4.78, 5) is 24.7. The van der Waals surface area contributed by atoms with E-state index in [0.29, 0.717) is 29.8 Å². The standard InChI is InChI=1S/C20H19FN4O2/c1-12-22-10-17(13-5-6-25(2)19(26)8-13)20(24-12)27-11-14-7-16(14)18-4-3-15(21)9-23-18/h3-6,8-10,14,16H,7,11H2,1-2H3/t14-,16+/m1/s1. The SMILES string of the molecule is Cc1ncc(-c2ccn(C)c(=O)c2)c(OC[C@H]2C[C@@H]2c2ccc(F)cn2)n1. The van der Waals surface area contributed by atoms with Gasteiger partial charge < -0.3 is 9.30 Å². The number of hydrogen-bond donors (Lipinski definition) is 0. The maximum absolute atomic E-state index is 13.0.